The van der Waals surface area contributed by atoms with Crippen molar-refractivity contribution < 1.29 is 8.42 Å². The van der Waals surface area contributed by atoms with Crippen LogP contribution >= 0.6 is 0 Å². The maximum absolute atomic E-state index is 13.6. The third-order valence-corrected chi connectivity index (χ3v) is 8.13. The topological polar surface area (TPSA) is 125 Å². The molecule has 12 heteroatoms. The number of hydrogen-bond acceptors (Lipinski definition) is 9. The fourth-order valence-electron chi connectivity index (χ4n) is 4.41. The molecule has 0 saturated carbocycles. The molecule has 178 valence electrons. The van der Waals surface area contributed by atoms with Crippen molar-refractivity contribution in [1.82, 2.24) is 39.4 Å². The molecule has 0 radical (unpaired) electrons. The number of piperazine rings is 1. The van der Waals surface area contributed by atoms with Crippen LogP contribution in [0.3, 0.4) is 0 Å². The molecule has 0 atom stereocenters. The summed E-state index contributed by atoms with van der Waals surface area (Å²) >= 11 is 0. The summed E-state index contributed by atoms with van der Waals surface area (Å²) in [5, 5.41) is 8.02. The summed E-state index contributed by atoms with van der Waals surface area (Å²) in [5.74, 6) is 0.640. The van der Waals surface area contributed by atoms with Crippen molar-refractivity contribution in [1.29, 1.82) is 0 Å². The number of sulfone groups is 1. The molecule has 0 aliphatic carbocycles. The third-order valence-electron chi connectivity index (χ3n) is 6.35. The minimum atomic E-state index is -3.95. The molecule has 0 unspecified atom stereocenters. The minimum Gasteiger partial charge on any atom is -0.344 e. The Morgan fingerprint density at radius 1 is 1.00 bits per heavy atom. The molecule has 5 aromatic rings. The van der Waals surface area contributed by atoms with E-state index in [9.17, 15) is 8.42 Å². The van der Waals surface area contributed by atoms with Crippen molar-refractivity contribution in [2.45, 2.75) is 17.0 Å². The molecule has 1 aliphatic rings. The SMILES string of the molecule is Cc1ccccc1S(=O)(=O)c1nnc2cnc3[nH]cc(-c4ccnc(N5CCN(C)CC5)n4)c3n12. The van der Waals surface area contributed by atoms with Crippen LogP contribution in [0.1, 0.15) is 5.56 Å². The highest BCUT2D eigenvalue weighted by molar-refractivity contribution is 7.91. The van der Waals surface area contributed by atoms with Crippen LogP contribution in [0.5, 0.6) is 0 Å². The monoisotopic (exact) mass is 489 g/mol. The highest BCUT2D eigenvalue weighted by Gasteiger charge is 2.28. The molecule has 5 heterocycles. The first-order valence-electron chi connectivity index (χ1n) is 11.2. The largest absolute Gasteiger partial charge is 0.344 e. The molecule has 6 rings (SSSR count). The van der Waals surface area contributed by atoms with E-state index >= 15 is 0 Å². The Bertz CT molecular complexity index is 1670. The standard InChI is InChI=1S/C23H23N9O2S/c1-15-5-3-4-6-18(15)35(33,34)23-29-28-19-14-26-21-20(32(19)23)16(13-25-21)17-7-8-24-22(27-17)31-11-9-30(2)10-12-31/h3-8,13-14,25H,9-12H2,1-2H3. The van der Waals surface area contributed by atoms with Gasteiger partial charge in [-0.3, -0.25) is 4.40 Å². The van der Waals surface area contributed by atoms with Crippen LogP contribution in [0.4, 0.5) is 5.95 Å². The number of nitrogens with zero attached hydrogens (tertiary/aromatic N) is 8. The van der Waals surface area contributed by atoms with Gasteiger partial charge in [-0.2, -0.15) is 0 Å². The van der Waals surface area contributed by atoms with E-state index in [4.69, 9.17) is 4.98 Å². The first-order chi connectivity index (χ1) is 16.9. The Morgan fingerprint density at radius 2 is 1.80 bits per heavy atom. The normalized spacial score (nSPS) is 15.3. The summed E-state index contributed by atoms with van der Waals surface area (Å²) in [6.07, 6.45) is 5.00. The van der Waals surface area contributed by atoms with Gasteiger partial charge in [-0.15, -0.1) is 10.2 Å². The van der Waals surface area contributed by atoms with Crippen LogP contribution in [-0.2, 0) is 9.84 Å². The van der Waals surface area contributed by atoms with E-state index in [-0.39, 0.29) is 10.1 Å². The maximum Gasteiger partial charge on any atom is 0.259 e. The number of aromatic nitrogens is 7. The number of aromatic amines is 1. The molecule has 1 aliphatic heterocycles. The number of H-pyrrole nitrogens is 1. The van der Waals surface area contributed by atoms with Gasteiger partial charge in [-0.1, -0.05) is 18.2 Å². The molecule has 35 heavy (non-hydrogen) atoms. The smallest absolute Gasteiger partial charge is 0.259 e. The number of fused-ring (bicyclic) bond motifs is 3. The lowest BCUT2D eigenvalue weighted by Crippen LogP contribution is -2.45. The summed E-state index contributed by atoms with van der Waals surface area (Å²) in [7, 11) is -1.85. The van der Waals surface area contributed by atoms with Crippen molar-refractivity contribution in [3.8, 4) is 11.3 Å². The number of nitrogens with one attached hydrogen (secondary N) is 1. The van der Waals surface area contributed by atoms with E-state index in [0.717, 1.165) is 26.2 Å². The zero-order chi connectivity index (χ0) is 24.2. The summed E-state index contributed by atoms with van der Waals surface area (Å²) in [6.45, 7) is 5.31. The molecule has 0 spiro atoms. The van der Waals surface area contributed by atoms with Crippen molar-refractivity contribution in [2.24, 2.45) is 0 Å². The van der Waals surface area contributed by atoms with E-state index in [2.05, 4.69) is 42.0 Å². The number of benzene rings is 1. The van der Waals surface area contributed by atoms with E-state index in [1.54, 1.807) is 49.6 Å². The third kappa shape index (κ3) is 3.53. The van der Waals surface area contributed by atoms with Gasteiger partial charge in [-0.05, 0) is 31.7 Å². The molecule has 1 aromatic carbocycles. The van der Waals surface area contributed by atoms with Crippen LogP contribution in [0.15, 0.2) is 59.0 Å². The molecular weight excluding hydrogens is 466 g/mol. The van der Waals surface area contributed by atoms with Crippen LogP contribution in [0, 0.1) is 6.92 Å². The number of likely N-dealkylation sites (N-methyl/N-ethyl adjacent to an activating group) is 1. The van der Waals surface area contributed by atoms with Gasteiger partial charge in [0.2, 0.25) is 15.8 Å². The fraction of sp³-hybridized carbons (Fsp3) is 0.261. The highest BCUT2D eigenvalue weighted by atomic mass is 32.2. The Hall–Kier alpha value is -3.90. The van der Waals surface area contributed by atoms with Crippen molar-refractivity contribution >= 4 is 32.6 Å². The summed E-state index contributed by atoms with van der Waals surface area (Å²) in [4.78, 5) is 21.5. The average molecular weight is 490 g/mol. The van der Waals surface area contributed by atoms with Gasteiger partial charge >= 0.3 is 0 Å². The first kappa shape index (κ1) is 21.6. The number of hydrogen-bond donors (Lipinski definition) is 1. The molecule has 0 amide bonds. The van der Waals surface area contributed by atoms with Crippen molar-refractivity contribution in [2.75, 3.05) is 38.1 Å². The Balaban J connectivity index is 1.53. The van der Waals surface area contributed by atoms with E-state index in [1.807, 2.05) is 0 Å². The van der Waals surface area contributed by atoms with Gasteiger partial charge in [0.15, 0.2) is 11.3 Å². The van der Waals surface area contributed by atoms with Crippen molar-refractivity contribution in [3.63, 3.8) is 0 Å². The average Bonchev–Trinajstić information content (AvgIpc) is 3.49. The predicted octanol–water partition coefficient (Wildman–Crippen LogP) is 1.96. The molecule has 11 nitrogen and oxygen atoms in total. The Morgan fingerprint density at radius 3 is 2.60 bits per heavy atom. The molecule has 1 saturated heterocycles. The predicted molar refractivity (Wildman–Crippen MR) is 130 cm³/mol. The van der Waals surface area contributed by atoms with Crippen LogP contribution in [0.2, 0.25) is 0 Å². The first-order valence-corrected chi connectivity index (χ1v) is 12.7. The second kappa shape index (κ2) is 8.10. The molecule has 1 N–H and O–H groups in total. The molecule has 0 bridgehead atoms. The lowest BCUT2D eigenvalue weighted by atomic mass is 10.2. The summed E-state index contributed by atoms with van der Waals surface area (Å²) in [5.41, 5.74) is 3.37. The van der Waals surface area contributed by atoms with E-state index < -0.39 is 9.84 Å². The number of anilines is 1. The van der Waals surface area contributed by atoms with Gasteiger partial charge in [-0.25, -0.2) is 23.4 Å². The number of aryl methyl sites for hydroxylation is 1. The van der Waals surface area contributed by atoms with Crippen LogP contribution in [-0.4, -0.2) is 81.1 Å². The van der Waals surface area contributed by atoms with Crippen LogP contribution in [0.25, 0.3) is 28.1 Å². The minimum absolute atomic E-state index is 0.164. The lowest BCUT2D eigenvalue weighted by Gasteiger charge is -2.32. The quantitative estimate of drug-likeness (QED) is 0.403. The molecular formula is C23H23N9O2S. The van der Waals surface area contributed by atoms with Gasteiger partial charge in [0.05, 0.1) is 16.8 Å². The lowest BCUT2D eigenvalue weighted by molar-refractivity contribution is 0.311. The van der Waals surface area contributed by atoms with Gasteiger partial charge in [0.25, 0.3) is 5.16 Å². The summed E-state index contributed by atoms with van der Waals surface area (Å²) in [6, 6.07) is 8.64. The highest BCUT2D eigenvalue weighted by Crippen LogP contribution is 2.31. The molecule has 4 aromatic heterocycles. The van der Waals surface area contributed by atoms with Gasteiger partial charge in [0.1, 0.15) is 5.52 Å². The molecule has 1 fully saturated rings. The Kier molecular flexibility index (Phi) is 5.00. The zero-order valence-corrected chi connectivity index (χ0v) is 20.1. The van der Waals surface area contributed by atoms with Gasteiger partial charge < -0.3 is 14.8 Å². The van der Waals surface area contributed by atoms with Crippen LogP contribution < -0.4 is 4.90 Å². The second-order valence-corrected chi connectivity index (χ2v) is 10.4. The van der Waals surface area contributed by atoms with E-state index in [0.29, 0.717) is 39.6 Å². The Labute approximate surface area is 201 Å². The van der Waals surface area contributed by atoms with Crippen molar-refractivity contribution in [3.05, 3.63) is 54.5 Å². The summed E-state index contributed by atoms with van der Waals surface area (Å²) < 4.78 is 28.8. The van der Waals surface area contributed by atoms with Gasteiger partial charge in [0, 0.05) is 44.1 Å². The fourth-order valence-corrected chi connectivity index (χ4v) is 5.93. The zero-order valence-electron chi connectivity index (χ0n) is 19.2. The maximum atomic E-state index is 13.6. The number of rotatable bonds is 4. The second-order valence-electron chi connectivity index (χ2n) is 8.64. The van der Waals surface area contributed by atoms with E-state index in [1.165, 1.54) is 10.6 Å².